The number of benzene rings is 1. The number of hydrogen-bond donors (Lipinski definition) is 1. The van der Waals surface area contributed by atoms with Gasteiger partial charge in [0, 0.05) is 45.2 Å². The van der Waals surface area contributed by atoms with Crippen molar-refractivity contribution in [3.63, 3.8) is 0 Å². The molecule has 2 aliphatic heterocycles. The van der Waals surface area contributed by atoms with Gasteiger partial charge in [-0.25, -0.2) is 0 Å². The van der Waals surface area contributed by atoms with Gasteiger partial charge in [-0.1, -0.05) is 30.3 Å². The van der Waals surface area contributed by atoms with Gasteiger partial charge in [-0.15, -0.1) is 0 Å². The Morgan fingerprint density at radius 3 is 2.45 bits per heavy atom. The molecule has 156 valence electrons. The molecular weight excluding hydrogens is 368 g/mol. The number of rotatable bonds is 6. The molecule has 1 aromatic carbocycles. The number of hydrogen-bond acceptors (Lipinski definition) is 4. The van der Waals surface area contributed by atoms with E-state index < -0.39 is 0 Å². The first-order valence-electron chi connectivity index (χ1n) is 10.7. The third-order valence-electron chi connectivity index (χ3n) is 6.25. The largest absolute Gasteiger partial charge is 0.352 e. The van der Waals surface area contributed by atoms with Crippen molar-refractivity contribution in [2.45, 2.75) is 38.3 Å². The summed E-state index contributed by atoms with van der Waals surface area (Å²) in [6.07, 6.45) is 2.47. The van der Waals surface area contributed by atoms with Crippen molar-refractivity contribution < 1.29 is 14.4 Å². The second-order valence-electron chi connectivity index (χ2n) is 8.48. The minimum atomic E-state index is -0.265. The Morgan fingerprint density at radius 1 is 1.10 bits per heavy atom. The number of piperazine rings is 1. The summed E-state index contributed by atoms with van der Waals surface area (Å²) in [5, 5.41) is 3.01. The topological polar surface area (TPSA) is 73.0 Å². The molecule has 0 bridgehead atoms. The number of nitrogens with zero attached hydrogens (tertiary/aromatic N) is 3. The minimum absolute atomic E-state index is 0.0247. The van der Waals surface area contributed by atoms with Crippen LogP contribution in [0.1, 0.15) is 37.8 Å². The minimum Gasteiger partial charge on any atom is -0.352 e. The number of likely N-dealkylation sites (tertiary alicyclic amines) is 1. The van der Waals surface area contributed by atoms with Crippen LogP contribution in [0.5, 0.6) is 0 Å². The summed E-state index contributed by atoms with van der Waals surface area (Å²) in [4.78, 5) is 43.3. The molecule has 0 unspecified atom stereocenters. The summed E-state index contributed by atoms with van der Waals surface area (Å²) in [5.41, 5.74) is 1.09. The standard InChI is InChI=1S/C22H30N4O3/c1-16(17-5-3-2-4-6-17)26-14-18(13-21(26)28)22(29)25-11-9-24(10-12-25)15-20(27)23-19-7-8-19/h2-6,16,18-19H,7-15H2,1H3,(H,23,27)/t16-,18-/m1/s1. The molecule has 3 amide bonds. The summed E-state index contributed by atoms with van der Waals surface area (Å²) < 4.78 is 0. The zero-order valence-corrected chi connectivity index (χ0v) is 17.0. The molecule has 7 nitrogen and oxygen atoms in total. The molecule has 0 aromatic heterocycles. The van der Waals surface area contributed by atoms with Crippen LogP contribution >= 0.6 is 0 Å². The molecule has 0 spiro atoms. The highest BCUT2D eigenvalue weighted by atomic mass is 16.2. The average molecular weight is 399 g/mol. The molecule has 2 saturated heterocycles. The van der Waals surface area contributed by atoms with E-state index in [-0.39, 0.29) is 29.7 Å². The van der Waals surface area contributed by atoms with E-state index in [1.165, 1.54) is 0 Å². The van der Waals surface area contributed by atoms with E-state index >= 15 is 0 Å². The Kier molecular flexibility index (Phi) is 5.85. The van der Waals surface area contributed by atoms with Gasteiger partial charge in [0.2, 0.25) is 17.7 Å². The summed E-state index contributed by atoms with van der Waals surface area (Å²) >= 11 is 0. The summed E-state index contributed by atoms with van der Waals surface area (Å²) in [6, 6.07) is 10.3. The van der Waals surface area contributed by atoms with Crippen molar-refractivity contribution >= 4 is 17.7 Å². The number of carbonyl (C=O) groups excluding carboxylic acids is 3. The zero-order valence-electron chi connectivity index (χ0n) is 17.0. The van der Waals surface area contributed by atoms with Crippen molar-refractivity contribution in [2.24, 2.45) is 5.92 Å². The molecule has 1 aromatic rings. The Hall–Kier alpha value is -2.41. The maximum atomic E-state index is 13.0. The summed E-state index contributed by atoms with van der Waals surface area (Å²) in [6.45, 7) is 5.55. The van der Waals surface area contributed by atoms with Crippen LogP contribution in [-0.4, -0.2) is 77.7 Å². The van der Waals surface area contributed by atoms with Gasteiger partial charge >= 0.3 is 0 Å². The van der Waals surface area contributed by atoms with Gasteiger partial charge in [0.1, 0.15) is 0 Å². The summed E-state index contributed by atoms with van der Waals surface area (Å²) in [7, 11) is 0. The monoisotopic (exact) mass is 398 g/mol. The normalized spacial score (nSPS) is 23.9. The molecule has 29 heavy (non-hydrogen) atoms. The molecule has 1 N–H and O–H groups in total. The van der Waals surface area contributed by atoms with E-state index in [0.29, 0.717) is 51.7 Å². The van der Waals surface area contributed by atoms with Gasteiger partial charge in [-0.05, 0) is 25.3 Å². The van der Waals surface area contributed by atoms with Crippen molar-refractivity contribution in [1.82, 2.24) is 20.0 Å². The van der Waals surface area contributed by atoms with E-state index in [2.05, 4.69) is 10.2 Å². The lowest BCUT2D eigenvalue weighted by Gasteiger charge is -2.35. The fourth-order valence-electron chi connectivity index (χ4n) is 4.27. The van der Waals surface area contributed by atoms with Crippen LogP contribution in [0, 0.1) is 5.92 Å². The summed E-state index contributed by atoms with van der Waals surface area (Å²) in [5.74, 6) is -0.0594. The predicted octanol–water partition coefficient (Wildman–Crippen LogP) is 1.02. The lowest BCUT2D eigenvalue weighted by molar-refractivity contribution is -0.137. The molecule has 0 radical (unpaired) electrons. The highest BCUT2D eigenvalue weighted by Crippen LogP contribution is 2.29. The Morgan fingerprint density at radius 2 is 1.79 bits per heavy atom. The van der Waals surface area contributed by atoms with E-state index in [0.717, 1.165) is 18.4 Å². The van der Waals surface area contributed by atoms with Crippen molar-refractivity contribution in [3.8, 4) is 0 Å². The zero-order chi connectivity index (χ0) is 20.4. The van der Waals surface area contributed by atoms with Gasteiger partial charge in [-0.3, -0.25) is 19.3 Å². The van der Waals surface area contributed by atoms with Crippen LogP contribution in [0.15, 0.2) is 30.3 Å². The van der Waals surface area contributed by atoms with Crippen LogP contribution in [0.3, 0.4) is 0 Å². The SMILES string of the molecule is C[C@H](c1ccccc1)N1C[C@H](C(=O)N2CCN(CC(=O)NC3CC3)CC2)CC1=O. The number of nitrogens with one attached hydrogen (secondary N) is 1. The van der Waals surface area contributed by atoms with E-state index in [9.17, 15) is 14.4 Å². The predicted molar refractivity (Wildman–Crippen MR) is 109 cm³/mol. The molecule has 2 atom stereocenters. The van der Waals surface area contributed by atoms with Crippen LogP contribution in [0.2, 0.25) is 0 Å². The van der Waals surface area contributed by atoms with Crippen LogP contribution < -0.4 is 5.32 Å². The van der Waals surface area contributed by atoms with Gasteiger partial charge in [0.15, 0.2) is 0 Å². The lowest BCUT2D eigenvalue weighted by atomic mass is 10.1. The van der Waals surface area contributed by atoms with Crippen LogP contribution in [-0.2, 0) is 14.4 Å². The average Bonchev–Trinajstić information content (AvgIpc) is 3.46. The quantitative estimate of drug-likeness (QED) is 0.777. The lowest BCUT2D eigenvalue weighted by Crippen LogP contribution is -2.52. The van der Waals surface area contributed by atoms with E-state index in [1.54, 1.807) is 0 Å². The maximum absolute atomic E-state index is 13.0. The van der Waals surface area contributed by atoms with Crippen molar-refractivity contribution in [3.05, 3.63) is 35.9 Å². The molecule has 1 aliphatic carbocycles. The highest BCUT2D eigenvalue weighted by Gasteiger charge is 2.39. The highest BCUT2D eigenvalue weighted by molar-refractivity contribution is 5.89. The third kappa shape index (κ3) is 4.78. The molecular formula is C22H30N4O3. The van der Waals surface area contributed by atoms with Crippen LogP contribution in [0.4, 0.5) is 0 Å². The van der Waals surface area contributed by atoms with Gasteiger partial charge in [0.05, 0.1) is 18.5 Å². The second kappa shape index (κ2) is 8.53. The Balaban J connectivity index is 1.27. The first-order chi connectivity index (χ1) is 14.0. The smallest absolute Gasteiger partial charge is 0.234 e. The van der Waals surface area contributed by atoms with Gasteiger partial charge in [0.25, 0.3) is 0 Å². The van der Waals surface area contributed by atoms with E-state index in [4.69, 9.17) is 0 Å². The third-order valence-corrected chi connectivity index (χ3v) is 6.25. The van der Waals surface area contributed by atoms with Gasteiger partial charge in [-0.2, -0.15) is 0 Å². The number of carbonyl (C=O) groups is 3. The fraction of sp³-hybridized carbons (Fsp3) is 0.591. The molecule has 3 fully saturated rings. The van der Waals surface area contributed by atoms with Crippen molar-refractivity contribution in [2.75, 3.05) is 39.3 Å². The first kappa shape index (κ1) is 19.9. The second-order valence-corrected chi connectivity index (χ2v) is 8.48. The number of amides is 3. The Bertz CT molecular complexity index is 757. The van der Waals surface area contributed by atoms with Gasteiger partial charge < -0.3 is 15.1 Å². The molecule has 3 aliphatic rings. The van der Waals surface area contributed by atoms with E-state index in [1.807, 2.05) is 47.1 Å². The molecule has 4 rings (SSSR count). The molecule has 7 heteroatoms. The fourth-order valence-corrected chi connectivity index (χ4v) is 4.27. The molecule has 2 heterocycles. The molecule has 1 saturated carbocycles. The Labute approximate surface area is 172 Å². The van der Waals surface area contributed by atoms with Crippen molar-refractivity contribution in [1.29, 1.82) is 0 Å². The maximum Gasteiger partial charge on any atom is 0.234 e. The first-order valence-corrected chi connectivity index (χ1v) is 10.7. The van der Waals surface area contributed by atoms with Crippen LogP contribution in [0.25, 0.3) is 0 Å².